The van der Waals surface area contributed by atoms with Gasteiger partial charge < -0.3 is 15.2 Å². The van der Waals surface area contributed by atoms with Crippen LogP contribution >= 0.6 is 13.5 Å². The topological polar surface area (TPSA) is 58.6 Å². The molecule has 1 fully saturated rings. The van der Waals surface area contributed by atoms with Crippen LogP contribution in [0.1, 0.15) is 27.2 Å². The van der Waals surface area contributed by atoms with Gasteiger partial charge in [-0.05, 0) is 20.8 Å². The summed E-state index contributed by atoms with van der Waals surface area (Å²) in [6.45, 7) is 5.26. The Hall–Kier alpha value is -0.420. The number of amides is 1. The van der Waals surface area contributed by atoms with Crippen molar-refractivity contribution in [2.45, 2.75) is 44.9 Å². The molecule has 5 heteroatoms. The van der Waals surface area contributed by atoms with Crippen molar-refractivity contribution in [3.8, 4) is 0 Å². The van der Waals surface area contributed by atoms with Gasteiger partial charge in [0.15, 0.2) is 0 Å². The Labute approximate surface area is 85.1 Å². The molecule has 1 aliphatic heterocycles. The fraction of sp³-hybridized carbons (Fsp3) is 0.875. The maximum Gasteiger partial charge on any atom is 0.407 e. The fourth-order valence-corrected chi connectivity index (χ4v) is 1.26. The van der Waals surface area contributed by atoms with Crippen molar-refractivity contribution in [2.75, 3.05) is 0 Å². The molecule has 0 aliphatic carbocycles. The van der Waals surface area contributed by atoms with E-state index in [4.69, 9.17) is 4.74 Å². The number of rotatable bonds is 2. The number of nitrogens with one attached hydrogen (secondary N) is 1. The molecule has 0 saturated carbocycles. The number of carbonyl (C=O) groups is 1. The molecule has 0 aromatic heterocycles. The minimum atomic E-state index is -0.786. The molecule has 1 unspecified atom stereocenters. The van der Waals surface area contributed by atoms with E-state index in [1.54, 1.807) is 13.8 Å². The number of ether oxygens (including phenoxy) is 1. The van der Waals surface area contributed by atoms with Gasteiger partial charge in [0.1, 0.15) is 6.10 Å². The van der Waals surface area contributed by atoms with Crippen LogP contribution < -0.4 is 5.32 Å². The summed E-state index contributed by atoms with van der Waals surface area (Å²) in [6.07, 6.45) is -0.137. The lowest BCUT2D eigenvalue weighted by Crippen LogP contribution is -2.34. The van der Waals surface area contributed by atoms with Gasteiger partial charge in [0.05, 0.1) is 11.6 Å². The molecular formula is C8H17NO3S. The van der Waals surface area contributed by atoms with Gasteiger partial charge in [-0.15, -0.1) is 0 Å². The lowest BCUT2D eigenvalue weighted by Gasteiger charge is -2.22. The van der Waals surface area contributed by atoms with E-state index < -0.39 is 11.7 Å². The first-order chi connectivity index (χ1) is 5.38. The van der Waals surface area contributed by atoms with Gasteiger partial charge in [-0.1, -0.05) is 0 Å². The fourth-order valence-electron chi connectivity index (χ4n) is 1.26. The third-order valence-corrected chi connectivity index (χ3v) is 1.86. The molecule has 0 spiro atoms. The highest BCUT2D eigenvalue weighted by atomic mass is 32.1. The van der Waals surface area contributed by atoms with Gasteiger partial charge in [0.25, 0.3) is 0 Å². The third-order valence-electron chi connectivity index (χ3n) is 1.86. The summed E-state index contributed by atoms with van der Waals surface area (Å²) in [5.41, 5.74) is -0.786. The minimum Gasteiger partial charge on any atom is -0.444 e. The lowest BCUT2D eigenvalue weighted by molar-refractivity contribution is 0.0197. The number of alkyl carbamates (subject to hydrolysis) is 1. The minimum absolute atomic E-state index is 0. The van der Waals surface area contributed by atoms with Gasteiger partial charge in [-0.25, -0.2) is 4.79 Å². The first-order valence-electron chi connectivity index (χ1n) is 4.08. The Morgan fingerprint density at radius 2 is 2.15 bits per heavy atom. The smallest absolute Gasteiger partial charge is 0.407 e. The van der Waals surface area contributed by atoms with E-state index in [9.17, 15) is 9.90 Å². The van der Waals surface area contributed by atoms with Crippen molar-refractivity contribution < 1.29 is 14.6 Å². The molecule has 78 valence electrons. The number of hydrogen-bond donors (Lipinski definition) is 2. The first kappa shape index (κ1) is 12.6. The van der Waals surface area contributed by atoms with Crippen molar-refractivity contribution in [1.82, 2.24) is 5.32 Å². The average molecular weight is 207 g/mol. The van der Waals surface area contributed by atoms with Gasteiger partial charge in [0.2, 0.25) is 0 Å². The molecule has 13 heavy (non-hydrogen) atoms. The Morgan fingerprint density at radius 1 is 1.62 bits per heavy atom. The van der Waals surface area contributed by atoms with Crippen LogP contribution in [0.3, 0.4) is 0 Å². The van der Waals surface area contributed by atoms with Gasteiger partial charge >= 0.3 is 6.09 Å². The maximum atomic E-state index is 10.7. The quantitative estimate of drug-likeness (QED) is 0.702. The Balaban J connectivity index is 0.00000144. The van der Waals surface area contributed by atoms with Crippen LogP contribution in [0.15, 0.2) is 0 Å². The van der Waals surface area contributed by atoms with Crippen LogP contribution in [0.2, 0.25) is 0 Å². The molecule has 2 N–H and O–H groups in total. The van der Waals surface area contributed by atoms with Crippen LogP contribution in [0.25, 0.3) is 0 Å². The molecule has 0 bridgehead atoms. The summed E-state index contributed by atoms with van der Waals surface area (Å²) < 4.78 is 4.94. The molecule has 1 aliphatic rings. The van der Waals surface area contributed by atoms with Crippen molar-refractivity contribution in [1.29, 1.82) is 0 Å². The molecule has 2 atom stereocenters. The summed E-state index contributed by atoms with van der Waals surface area (Å²) in [5.74, 6) is 0. The van der Waals surface area contributed by atoms with E-state index in [0.717, 1.165) is 0 Å². The van der Waals surface area contributed by atoms with Crippen LogP contribution in [0.4, 0.5) is 4.79 Å². The monoisotopic (exact) mass is 207 g/mol. The predicted molar refractivity (Wildman–Crippen MR) is 54.2 cm³/mol. The Kier molecular flexibility index (Phi) is 4.06. The molecule has 4 nitrogen and oxygen atoms in total. The van der Waals surface area contributed by atoms with E-state index in [1.807, 2.05) is 6.92 Å². The lowest BCUT2D eigenvalue weighted by atomic mass is 9.98. The molecule has 0 radical (unpaired) electrons. The van der Waals surface area contributed by atoms with Crippen LogP contribution in [0.5, 0.6) is 0 Å². The summed E-state index contributed by atoms with van der Waals surface area (Å²) in [5, 5.41) is 12.1. The second-order valence-electron chi connectivity index (χ2n) is 3.89. The zero-order valence-electron chi connectivity index (χ0n) is 8.13. The Bertz CT molecular complexity index is 190. The van der Waals surface area contributed by atoms with Gasteiger partial charge in [0, 0.05) is 6.42 Å². The van der Waals surface area contributed by atoms with Crippen molar-refractivity contribution in [3.05, 3.63) is 0 Å². The van der Waals surface area contributed by atoms with Crippen LogP contribution in [0, 0.1) is 0 Å². The number of hydrogen-bond acceptors (Lipinski definition) is 3. The summed E-state index contributed by atoms with van der Waals surface area (Å²) >= 11 is 0. The second-order valence-corrected chi connectivity index (χ2v) is 3.89. The second kappa shape index (κ2) is 4.19. The van der Waals surface area contributed by atoms with Crippen LogP contribution in [-0.2, 0) is 4.74 Å². The molecule has 1 rings (SSSR count). The van der Waals surface area contributed by atoms with Crippen molar-refractivity contribution in [3.63, 3.8) is 0 Å². The molecule has 0 aromatic carbocycles. The highest BCUT2D eigenvalue weighted by Crippen LogP contribution is 2.19. The zero-order valence-corrected chi connectivity index (χ0v) is 9.13. The standard InChI is InChI=1S/C8H15NO3.H2S/c1-5-6(4-8(2,3)11)12-7(10)9-5;/h5-6,11H,4H2,1-3H3,(H,9,10);1H2/t5-,6?;/m0./s1. The number of aliphatic hydroxyl groups is 1. The molecule has 1 heterocycles. The predicted octanol–water partition coefficient (Wildman–Crippen LogP) is 0.757. The van der Waals surface area contributed by atoms with Gasteiger partial charge in [-0.3, -0.25) is 0 Å². The molecular weight excluding hydrogens is 190 g/mol. The highest BCUT2D eigenvalue weighted by Gasteiger charge is 2.34. The zero-order chi connectivity index (χ0) is 9.35. The number of carbonyl (C=O) groups excluding carboxylic acids is 1. The maximum absolute atomic E-state index is 10.7. The molecule has 0 aromatic rings. The third kappa shape index (κ3) is 3.87. The highest BCUT2D eigenvalue weighted by molar-refractivity contribution is 7.59. The van der Waals surface area contributed by atoms with Crippen molar-refractivity contribution in [2.24, 2.45) is 0 Å². The van der Waals surface area contributed by atoms with E-state index in [1.165, 1.54) is 0 Å². The van der Waals surface area contributed by atoms with Crippen LogP contribution in [-0.4, -0.2) is 28.9 Å². The summed E-state index contributed by atoms with van der Waals surface area (Å²) in [7, 11) is 0. The normalized spacial score (nSPS) is 27.5. The molecule has 1 saturated heterocycles. The summed E-state index contributed by atoms with van der Waals surface area (Å²) in [6, 6.07) is -0.0103. The largest absolute Gasteiger partial charge is 0.444 e. The average Bonchev–Trinajstić information content (AvgIpc) is 2.06. The Morgan fingerprint density at radius 3 is 2.46 bits per heavy atom. The van der Waals surface area contributed by atoms with E-state index in [-0.39, 0.29) is 25.6 Å². The van der Waals surface area contributed by atoms with E-state index in [0.29, 0.717) is 6.42 Å². The van der Waals surface area contributed by atoms with Gasteiger partial charge in [-0.2, -0.15) is 13.5 Å². The SMILES string of the molecule is C[C@@H]1NC(=O)OC1CC(C)(C)O.S. The summed E-state index contributed by atoms with van der Waals surface area (Å²) in [4.78, 5) is 10.7. The molecule has 1 amide bonds. The van der Waals surface area contributed by atoms with Crippen molar-refractivity contribution >= 4 is 19.6 Å². The number of cyclic esters (lactones) is 1. The van der Waals surface area contributed by atoms with E-state index in [2.05, 4.69) is 5.32 Å². The van der Waals surface area contributed by atoms with E-state index >= 15 is 0 Å². The first-order valence-corrected chi connectivity index (χ1v) is 4.08.